The van der Waals surface area contributed by atoms with Crippen LogP contribution in [0.1, 0.15) is 15.9 Å². The van der Waals surface area contributed by atoms with Crippen molar-refractivity contribution in [1.82, 2.24) is 19.7 Å². The Balaban J connectivity index is 1.62. The zero-order chi connectivity index (χ0) is 17.1. The van der Waals surface area contributed by atoms with Gasteiger partial charge in [-0.3, -0.25) is 14.3 Å². The molecule has 8 nitrogen and oxygen atoms in total. The van der Waals surface area contributed by atoms with Crippen molar-refractivity contribution in [3.05, 3.63) is 41.9 Å². The average molecular weight is 328 g/mol. The first-order valence-electron chi connectivity index (χ1n) is 7.81. The number of nitrogens with two attached hydrogens (primary N) is 1. The van der Waals surface area contributed by atoms with E-state index >= 15 is 0 Å². The van der Waals surface area contributed by atoms with Gasteiger partial charge in [-0.05, 0) is 24.6 Å². The van der Waals surface area contributed by atoms with Crippen molar-refractivity contribution >= 4 is 17.6 Å². The summed E-state index contributed by atoms with van der Waals surface area (Å²) in [6.07, 6.45) is 5.22. The maximum absolute atomic E-state index is 12.4. The highest BCUT2D eigenvalue weighted by Crippen LogP contribution is 2.18. The summed E-state index contributed by atoms with van der Waals surface area (Å²) in [5.41, 5.74) is 6.84. The molecule has 1 aliphatic rings. The highest BCUT2D eigenvalue weighted by molar-refractivity contribution is 5.97. The van der Waals surface area contributed by atoms with Gasteiger partial charge in [0.15, 0.2) is 0 Å². The highest BCUT2D eigenvalue weighted by atomic mass is 16.2. The van der Waals surface area contributed by atoms with Gasteiger partial charge in [-0.25, -0.2) is 4.98 Å². The molecular weight excluding hydrogens is 308 g/mol. The van der Waals surface area contributed by atoms with Crippen LogP contribution in [0.3, 0.4) is 0 Å². The quantitative estimate of drug-likeness (QED) is 0.854. The molecule has 0 radical (unpaired) electrons. The molecule has 2 aromatic heterocycles. The summed E-state index contributed by atoms with van der Waals surface area (Å²) in [6.45, 7) is 4.56. The Labute approximate surface area is 139 Å². The Morgan fingerprint density at radius 1 is 1.25 bits per heavy atom. The Morgan fingerprint density at radius 2 is 2.00 bits per heavy atom. The minimum atomic E-state index is -0.495. The van der Waals surface area contributed by atoms with Gasteiger partial charge in [0.25, 0.3) is 5.91 Å². The van der Waals surface area contributed by atoms with E-state index in [1.165, 1.54) is 0 Å². The van der Waals surface area contributed by atoms with Crippen LogP contribution in [-0.4, -0.2) is 57.7 Å². The van der Waals surface area contributed by atoms with E-state index in [1.54, 1.807) is 34.1 Å². The number of carbonyl (C=O) groups excluding carboxylic acids is 2. The Kier molecular flexibility index (Phi) is 4.45. The van der Waals surface area contributed by atoms with Crippen LogP contribution < -0.4 is 10.6 Å². The van der Waals surface area contributed by atoms with E-state index in [9.17, 15) is 9.59 Å². The summed E-state index contributed by atoms with van der Waals surface area (Å²) in [5, 5.41) is 4.14. The molecule has 0 unspecified atom stereocenters. The Morgan fingerprint density at radius 3 is 2.62 bits per heavy atom. The number of hydrogen-bond donors (Lipinski definition) is 1. The van der Waals surface area contributed by atoms with Crippen molar-refractivity contribution < 1.29 is 9.59 Å². The van der Waals surface area contributed by atoms with Gasteiger partial charge in [0.05, 0.1) is 11.8 Å². The number of nitrogens with zero attached hydrogens (tertiary/aromatic N) is 5. The lowest BCUT2D eigenvalue weighted by Crippen LogP contribution is -2.50. The fourth-order valence-electron chi connectivity index (χ4n) is 2.80. The molecule has 2 N–H and O–H groups in total. The van der Waals surface area contributed by atoms with Crippen molar-refractivity contribution in [2.45, 2.75) is 13.5 Å². The molecule has 1 fully saturated rings. The number of carbonyl (C=O) groups is 2. The molecule has 1 saturated heterocycles. The molecular formula is C16H20N6O2. The van der Waals surface area contributed by atoms with E-state index in [0.29, 0.717) is 37.6 Å². The predicted molar refractivity (Wildman–Crippen MR) is 88.5 cm³/mol. The molecule has 0 spiro atoms. The van der Waals surface area contributed by atoms with E-state index in [-0.39, 0.29) is 12.5 Å². The number of anilines is 1. The third-order valence-corrected chi connectivity index (χ3v) is 4.04. The number of aromatic nitrogens is 3. The predicted octanol–water partition coefficient (Wildman–Crippen LogP) is 0.0342. The lowest BCUT2D eigenvalue weighted by atomic mass is 10.2. The molecule has 126 valence electrons. The monoisotopic (exact) mass is 328 g/mol. The lowest BCUT2D eigenvalue weighted by Gasteiger charge is -2.36. The lowest BCUT2D eigenvalue weighted by molar-refractivity contribution is -0.132. The maximum atomic E-state index is 12.4. The van der Waals surface area contributed by atoms with Gasteiger partial charge in [-0.15, -0.1) is 0 Å². The molecule has 3 heterocycles. The highest BCUT2D eigenvalue weighted by Gasteiger charge is 2.24. The summed E-state index contributed by atoms with van der Waals surface area (Å²) in [5.74, 6) is 0.124. The molecule has 0 bridgehead atoms. The molecule has 0 aromatic carbocycles. The zero-order valence-corrected chi connectivity index (χ0v) is 13.6. The van der Waals surface area contributed by atoms with Crippen molar-refractivity contribution in [2.24, 2.45) is 5.73 Å². The second kappa shape index (κ2) is 6.69. The van der Waals surface area contributed by atoms with Crippen LogP contribution in [0.5, 0.6) is 0 Å². The zero-order valence-electron chi connectivity index (χ0n) is 13.6. The fourth-order valence-corrected chi connectivity index (χ4v) is 2.80. The summed E-state index contributed by atoms with van der Waals surface area (Å²) in [4.78, 5) is 31.9. The van der Waals surface area contributed by atoms with E-state index < -0.39 is 5.91 Å². The number of piperazine rings is 1. The number of amides is 2. The molecule has 1 aliphatic heterocycles. The molecule has 0 saturated carbocycles. The third-order valence-electron chi connectivity index (χ3n) is 4.04. The summed E-state index contributed by atoms with van der Waals surface area (Å²) < 4.78 is 1.65. The van der Waals surface area contributed by atoms with Gasteiger partial charge >= 0.3 is 0 Å². The second-order valence-corrected chi connectivity index (χ2v) is 5.82. The largest absolute Gasteiger partial charge is 0.365 e. The van der Waals surface area contributed by atoms with Gasteiger partial charge in [0.2, 0.25) is 5.91 Å². The smallest absolute Gasteiger partial charge is 0.252 e. The molecule has 0 atom stereocenters. The SMILES string of the molecule is Cc1cnn(CC(=O)N2CCN(c3ncccc3C(N)=O)CC2)c1. The van der Waals surface area contributed by atoms with Crippen molar-refractivity contribution in [2.75, 3.05) is 31.1 Å². The molecule has 8 heteroatoms. The standard InChI is InChI=1S/C16H20N6O2/c1-12-9-19-22(10-12)11-14(23)20-5-7-21(8-6-20)16-13(15(17)24)3-2-4-18-16/h2-4,9-10H,5-8,11H2,1H3,(H2,17,24). The molecule has 0 aliphatic carbocycles. The van der Waals surface area contributed by atoms with E-state index in [0.717, 1.165) is 5.56 Å². The Bertz CT molecular complexity index is 749. The van der Waals surface area contributed by atoms with Gasteiger partial charge in [0.1, 0.15) is 12.4 Å². The van der Waals surface area contributed by atoms with E-state index in [4.69, 9.17) is 5.73 Å². The maximum Gasteiger partial charge on any atom is 0.252 e. The van der Waals surface area contributed by atoms with Crippen LogP contribution in [0.25, 0.3) is 0 Å². The number of hydrogen-bond acceptors (Lipinski definition) is 5. The first-order chi connectivity index (χ1) is 11.5. The van der Waals surface area contributed by atoms with Crippen LogP contribution in [0.4, 0.5) is 5.82 Å². The van der Waals surface area contributed by atoms with Crippen molar-refractivity contribution in [3.8, 4) is 0 Å². The van der Waals surface area contributed by atoms with Gasteiger partial charge in [0, 0.05) is 38.6 Å². The second-order valence-electron chi connectivity index (χ2n) is 5.82. The summed E-state index contributed by atoms with van der Waals surface area (Å²) in [6, 6.07) is 3.36. The summed E-state index contributed by atoms with van der Waals surface area (Å²) in [7, 11) is 0. The van der Waals surface area contributed by atoms with E-state index in [1.807, 2.05) is 18.0 Å². The topological polar surface area (TPSA) is 97.3 Å². The van der Waals surface area contributed by atoms with Crippen LogP contribution in [0, 0.1) is 6.92 Å². The Hall–Kier alpha value is -2.90. The van der Waals surface area contributed by atoms with Crippen LogP contribution >= 0.6 is 0 Å². The third kappa shape index (κ3) is 3.37. The van der Waals surface area contributed by atoms with Crippen LogP contribution in [-0.2, 0) is 11.3 Å². The number of primary amides is 1. The minimum Gasteiger partial charge on any atom is -0.365 e. The number of rotatable bonds is 4. The molecule has 3 rings (SSSR count). The normalized spacial score (nSPS) is 14.7. The summed E-state index contributed by atoms with van der Waals surface area (Å²) >= 11 is 0. The van der Waals surface area contributed by atoms with E-state index in [2.05, 4.69) is 10.1 Å². The minimum absolute atomic E-state index is 0.0360. The first-order valence-corrected chi connectivity index (χ1v) is 7.81. The van der Waals surface area contributed by atoms with Gasteiger partial charge in [-0.2, -0.15) is 5.10 Å². The van der Waals surface area contributed by atoms with Crippen LogP contribution in [0.2, 0.25) is 0 Å². The van der Waals surface area contributed by atoms with Gasteiger partial charge < -0.3 is 15.5 Å². The first kappa shape index (κ1) is 16.0. The molecule has 2 aromatic rings. The van der Waals surface area contributed by atoms with Crippen LogP contribution in [0.15, 0.2) is 30.7 Å². The number of aryl methyl sites for hydroxylation is 1. The average Bonchev–Trinajstić information content (AvgIpc) is 3.00. The molecule has 2 amide bonds. The van der Waals surface area contributed by atoms with Crippen molar-refractivity contribution in [1.29, 1.82) is 0 Å². The van der Waals surface area contributed by atoms with Gasteiger partial charge in [-0.1, -0.05) is 0 Å². The molecule has 24 heavy (non-hydrogen) atoms. The number of pyridine rings is 1. The fraction of sp³-hybridized carbons (Fsp3) is 0.375. The van der Waals surface area contributed by atoms with Crippen molar-refractivity contribution in [3.63, 3.8) is 0 Å².